The number of nitrogens with zero attached hydrogens (tertiary/aromatic N) is 1. The lowest BCUT2D eigenvalue weighted by Crippen LogP contribution is -2.46. The number of esters is 1. The standard InChI is InChI=1S/C11H23NO3/c1-5-6-7-15-10(14)8-12(4)11(2,3)9-13/h13H,5-9H2,1-4H3. The molecule has 90 valence electrons. The molecule has 0 rings (SSSR count). The first-order valence-electron chi connectivity index (χ1n) is 5.41. The number of hydrogen-bond donors (Lipinski definition) is 1. The number of unbranched alkanes of at least 4 members (excludes halogenated alkanes) is 1. The summed E-state index contributed by atoms with van der Waals surface area (Å²) in [6, 6.07) is 0. The maximum atomic E-state index is 11.3. The molecule has 15 heavy (non-hydrogen) atoms. The highest BCUT2D eigenvalue weighted by Gasteiger charge is 2.24. The summed E-state index contributed by atoms with van der Waals surface area (Å²) in [5.41, 5.74) is -0.385. The molecule has 0 aliphatic carbocycles. The van der Waals surface area contributed by atoms with Crippen molar-refractivity contribution in [3.63, 3.8) is 0 Å². The summed E-state index contributed by atoms with van der Waals surface area (Å²) in [6.07, 6.45) is 1.92. The molecule has 0 radical (unpaired) electrons. The van der Waals surface area contributed by atoms with Crippen molar-refractivity contribution in [3.8, 4) is 0 Å². The van der Waals surface area contributed by atoms with Crippen molar-refractivity contribution in [2.45, 2.75) is 39.2 Å². The fourth-order valence-corrected chi connectivity index (χ4v) is 0.904. The van der Waals surface area contributed by atoms with Gasteiger partial charge in [0, 0.05) is 5.54 Å². The lowest BCUT2D eigenvalue weighted by atomic mass is 10.1. The normalized spacial score (nSPS) is 11.9. The molecular weight excluding hydrogens is 194 g/mol. The molecule has 0 fully saturated rings. The van der Waals surface area contributed by atoms with Crippen LogP contribution in [0.25, 0.3) is 0 Å². The average molecular weight is 217 g/mol. The van der Waals surface area contributed by atoms with Crippen LogP contribution < -0.4 is 0 Å². The highest BCUT2D eigenvalue weighted by atomic mass is 16.5. The molecular formula is C11H23NO3. The molecule has 0 aromatic carbocycles. The van der Waals surface area contributed by atoms with E-state index in [1.165, 1.54) is 0 Å². The number of carbonyl (C=O) groups excluding carboxylic acids is 1. The summed E-state index contributed by atoms with van der Waals surface area (Å²) in [6.45, 7) is 6.54. The summed E-state index contributed by atoms with van der Waals surface area (Å²) >= 11 is 0. The lowest BCUT2D eigenvalue weighted by Gasteiger charge is -2.32. The zero-order valence-corrected chi connectivity index (χ0v) is 10.2. The second-order valence-corrected chi connectivity index (χ2v) is 4.40. The van der Waals surface area contributed by atoms with Crippen LogP contribution in [0.3, 0.4) is 0 Å². The van der Waals surface area contributed by atoms with Gasteiger partial charge in [-0.25, -0.2) is 0 Å². The van der Waals surface area contributed by atoms with Gasteiger partial charge in [-0.05, 0) is 27.3 Å². The zero-order chi connectivity index (χ0) is 11.9. The molecule has 4 nitrogen and oxygen atoms in total. The number of hydrogen-bond acceptors (Lipinski definition) is 4. The van der Waals surface area contributed by atoms with Crippen LogP contribution in [0.5, 0.6) is 0 Å². The third kappa shape index (κ3) is 5.74. The van der Waals surface area contributed by atoms with E-state index >= 15 is 0 Å². The molecule has 0 bridgehead atoms. The Morgan fingerprint density at radius 2 is 2.07 bits per heavy atom. The molecule has 4 heteroatoms. The molecule has 0 atom stereocenters. The lowest BCUT2D eigenvalue weighted by molar-refractivity contribution is -0.146. The monoisotopic (exact) mass is 217 g/mol. The molecule has 0 aromatic rings. The van der Waals surface area contributed by atoms with Crippen molar-refractivity contribution >= 4 is 5.97 Å². The molecule has 0 aliphatic heterocycles. The topological polar surface area (TPSA) is 49.8 Å². The van der Waals surface area contributed by atoms with Crippen LogP contribution in [-0.4, -0.2) is 48.3 Å². The second-order valence-electron chi connectivity index (χ2n) is 4.40. The van der Waals surface area contributed by atoms with Gasteiger partial charge in [-0.15, -0.1) is 0 Å². The first kappa shape index (κ1) is 14.4. The summed E-state index contributed by atoms with van der Waals surface area (Å²) in [7, 11) is 1.80. The first-order chi connectivity index (χ1) is 6.94. The highest BCUT2D eigenvalue weighted by Crippen LogP contribution is 2.10. The Kier molecular flexibility index (Phi) is 6.52. The largest absolute Gasteiger partial charge is 0.465 e. The van der Waals surface area contributed by atoms with Crippen LogP contribution in [0.15, 0.2) is 0 Å². The van der Waals surface area contributed by atoms with Gasteiger partial charge < -0.3 is 9.84 Å². The van der Waals surface area contributed by atoms with E-state index in [1.807, 2.05) is 13.8 Å². The van der Waals surface area contributed by atoms with E-state index < -0.39 is 0 Å². The number of aliphatic hydroxyl groups is 1. The Balaban J connectivity index is 3.86. The Hall–Kier alpha value is -0.610. The summed E-state index contributed by atoms with van der Waals surface area (Å²) in [5.74, 6) is -0.229. The summed E-state index contributed by atoms with van der Waals surface area (Å²) in [4.78, 5) is 13.1. The third-order valence-electron chi connectivity index (χ3n) is 2.55. The van der Waals surface area contributed by atoms with Crippen molar-refractivity contribution in [2.24, 2.45) is 0 Å². The van der Waals surface area contributed by atoms with Gasteiger partial charge in [0.05, 0.1) is 19.8 Å². The minimum Gasteiger partial charge on any atom is -0.465 e. The van der Waals surface area contributed by atoms with E-state index in [4.69, 9.17) is 9.84 Å². The van der Waals surface area contributed by atoms with E-state index in [0.29, 0.717) is 6.61 Å². The number of likely N-dealkylation sites (N-methyl/N-ethyl adjacent to an activating group) is 1. The molecule has 0 unspecified atom stereocenters. The van der Waals surface area contributed by atoms with Gasteiger partial charge in [0.15, 0.2) is 0 Å². The van der Waals surface area contributed by atoms with Crippen molar-refractivity contribution in [2.75, 3.05) is 26.8 Å². The van der Waals surface area contributed by atoms with Crippen molar-refractivity contribution in [1.29, 1.82) is 0 Å². The Morgan fingerprint density at radius 1 is 1.47 bits per heavy atom. The van der Waals surface area contributed by atoms with Crippen molar-refractivity contribution < 1.29 is 14.6 Å². The van der Waals surface area contributed by atoms with Crippen LogP contribution in [0.1, 0.15) is 33.6 Å². The first-order valence-corrected chi connectivity index (χ1v) is 5.41. The second kappa shape index (κ2) is 6.80. The van der Waals surface area contributed by atoms with Crippen molar-refractivity contribution in [3.05, 3.63) is 0 Å². The van der Waals surface area contributed by atoms with E-state index in [-0.39, 0.29) is 24.7 Å². The zero-order valence-electron chi connectivity index (χ0n) is 10.2. The molecule has 0 aliphatic rings. The predicted octanol–water partition coefficient (Wildman–Crippen LogP) is 1.03. The van der Waals surface area contributed by atoms with Gasteiger partial charge in [0.2, 0.25) is 0 Å². The fourth-order valence-electron chi connectivity index (χ4n) is 0.904. The van der Waals surface area contributed by atoms with Crippen molar-refractivity contribution in [1.82, 2.24) is 4.90 Å². The van der Waals surface area contributed by atoms with E-state index in [0.717, 1.165) is 12.8 Å². The van der Waals surface area contributed by atoms with E-state index in [9.17, 15) is 4.79 Å². The molecule has 0 saturated carbocycles. The summed E-state index contributed by atoms with van der Waals surface area (Å²) in [5, 5.41) is 9.10. The third-order valence-corrected chi connectivity index (χ3v) is 2.55. The van der Waals surface area contributed by atoms with Crippen LogP contribution in [0.4, 0.5) is 0 Å². The number of rotatable bonds is 7. The average Bonchev–Trinajstić information content (AvgIpc) is 2.18. The SMILES string of the molecule is CCCCOC(=O)CN(C)C(C)(C)CO. The smallest absolute Gasteiger partial charge is 0.320 e. The molecule has 0 heterocycles. The predicted molar refractivity (Wildman–Crippen MR) is 59.7 cm³/mol. The molecule has 1 N–H and O–H groups in total. The Morgan fingerprint density at radius 3 is 2.53 bits per heavy atom. The Labute approximate surface area is 92.2 Å². The minimum atomic E-state index is -0.385. The van der Waals surface area contributed by atoms with Gasteiger partial charge in [-0.1, -0.05) is 13.3 Å². The van der Waals surface area contributed by atoms with Gasteiger partial charge >= 0.3 is 5.97 Å². The molecule has 0 amide bonds. The maximum absolute atomic E-state index is 11.3. The van der Waals surface area contributed by atoms with Gasteiger partial charge in [0.25, 0.3) is 0 Å². The minimum absolute atomic E-state index is 0.0196. The molecule has 0 spiro atoms. The van der Waals surface area contributed by atoms with Crippen LogP contribution in [0, 0.1) is 0 Å². The highest BCUT2D eigenvalue weighted by molar-refractivity contribution is 5.71. The number of ether oxygens (including phenoxy) is 1. The van der Waals surface area contributed by atoms with Gasteiger partial charge in [-0.2, -0.15) is 0 Å². The van der Waals surface area contributed by atoms with Crippen LogP contribution in [0.2, 0.25) is 0 Å². The Bertz CT molecular complexity index is 192. The fraction of sp³-hybridized carbons (Fsp3) is 0.909. The molecule has 0 saturated heterocycles. The van der Waals surface area contributed by atoms with Gasteiger partial charge in [-0.3, -0.25) is 9.69 Å². The van der Waals surface area contributed by atoms with E-state index in [1.54, 1.807) is 11.9 Å². The maximum Gasteiger partial charge on any atom is 0.320 e. The molecule has 0 aromatic heterocycles. The van der Waals surface area contributed by atoms with Gasteiger partial charge in [0.1, 0.15) is 0 Å². The summed E-state index contributed by atoms with van der Waals surface area (Å²) < 4.78 is 5.03. The van der Waals surface area contributed by atoms with E-state index in [2.05, 4.69) is 6.92 Å². The van der Waals surface area contributed by atoms with Crippen LogP contribution >= 0.6 is 0 Å². The number of aliphatic hydroxyl groups excluding tert-OH is 1. The van der Waals surface area contributed by atoms with Crippen LogP contribution in [-0.2, 0) is 9.53 Å². The number of carbonyl (C=O) groups is 1. The quantitative estimate of drug-likeness (QED) is 0.511.